The van der Waals surface area contributed by atoms with Crippen LogP contribution < -0.4 is 0 Å². The highest BCUT2D eigenvalue weighted by Crippen LogP contribution is 2.15. The topological polar surface area (TPSA) is 26.3 Å². The molecule has 1 aromatic rings. The lowest BCUT2D eigenvalue weighted by atomic mass is 10.1. The Kier molecular flexibility index (Phi) is 5.39. The molecule has 0 fully saturated rings. The first-order valence-electron chi connectivity index (χ1n) is 4.68. The summed E-state index contributed by atoms with van der Waals surface area (Å²) in [6, 6.07) is 7.50. The van der Waals surface area contributed by atoms with Gasteiger partial charge in [0.05, 0.1) is 6.61 Å². The minimum Gasteiger partial charge on any atom is -0.465 e. The lowest BCUT2D eigenvalue weighted by Gasteiger charge is -2.08. The largest absolute Gasteiger partial charge is 0.465 e. The van der Waals surface area contributed by atoms with Crippen molar-refractivity contribution in [1.82, 2.24) is 0 Å². The van der Waals surface area contributed by atoms with Gasteiger partial charge in [0.2, 0.25) is 0 Å². The molecule has 0 amide bonds. The Morgan fingerprint density at radius 2 is 2.07 bits per heavy atom. The lowest BCUT2D eigenvalue weighted by molar-refractivity contribution is -0.141. The van der Waals surface area contributed by atoms with Crippen molar-refractivity contribution in [2.45, 2.75) is 17.3 Å². The molecule has 82 valence electrons. The summed E-state index contributed by atoms with van der Waals surface area (Å²) in [5.74, 6) is -0.159. The Balaban J connectivity index is 2.54. The van der Waals surface area contributed by atoms with Gasteiger partial charge in [-0.05, 0) is 31.0 Å². The van der Waals surface area contributed by atoms with Crippen molar-refractivity contribution in [3.05, 3.63) is 34.9 Å². The Morgan fingerprint density at radius 1 is 1.47 bits per heavy atom. The molecule has 0 aliphatic carbocycles. The molecule has 2 nitrogen and oxygen atoms in total. The highest BCUT2D eigenvalue weighted by atomic mass is 127. The van der Waals surface area contributed by atoms with E-state index in [9.17, 15) is 4.79 Å². The SMILES string of the molecule is CCOC(=O)C(I)Cc1ccc(Cl)cc1. The average molecular weight is 339 g/mol. The van der Waals surface area contributed by atoms with Gasteiger partial charge in [0, 0.05) is 5.02 Å². The van der Waals surface area contributed by atoms with Crippen LogP contribution in [-0.2, 0) is 16.0 Å². The number of carbonyl (C=O) groups is 1. The van der Waals surface area contributed by atoms with Crippen molar-refractivity contribution in [2.75, 3.05) is 6.61 Å². The molecule has 0 aliphatic heterocycles. The zero-order valence-electron chi connectivity index (χ0n) is 8.37. The fourth-order valence-electron chi connectivity index (χ4n) is 1.14. The Morgan fingerprint density at radius 3 is 2.60 bits per heavy atom. The van der Waals surface area contributed by atoms with Crippen LogP contribution in [0.5, 0.6) is 0 Å². The summed E-state index contributed by atoms with van der Waals surface area (Å²) in [6.45, 7) is 2.24. The number of hydrogen-bond acceptors (Lipinski definition) is 2. The van der Waals surface area contributed by atoms with E-state index in [1.54, 1.807) is 0 Å². The second-order valence-electron chi connectivity index (χ2n) is 3.05. The summed E-state index contributed by atoms with van der Waals surface area (Å²) >= 11 is 7.86. The molecule has 0 saturated carbocycles. The molecule has 0 aliphatic rings. The molecule has 15 heavy (non-hydrogen) atoms. The number of esters is 1. The highest BCUT2D eigenvalue weighted by Gasteiger charge is 2.15. The van der Waals surface area contributed by atoms with E-state index >= 15 is 0 Å². The van der Waals surface area contributed by atoms with Crippen molar-refractivity contribution in [3.63, 3.8) is 0 Å². The second kappa shape index (κ2) is 6.33. The van der Waals surface area contributed by atoms with Crippen LogP contribution in [0.25, 0.3) is 0 Å². The van der Waals surface area contributed by atoms with Crippen molar-refractivity contribution >= 4 is 40.2 Å². The van der Waals surface area contributed by atoms with E-state index < -0.39 is 0 Å². The van der Waals surface area contributed by atoms with Crippen molar-refractivity contribution in [2.24, 2.45) is 0 Å². The second-order valence-corrected chi connectivity index (χ2v) is 4.99. The molecule has 4 heteroatoms. The van der Waals surface area contributed by atoms with Crippen LogP contribution in [0.1, 0.15) is 12.5 Å². The average Bonchev–Trinajstić information content (AvgIpc) is 2.22. The Bertz CT molecular complexity index is 324. The van der Waals surface area contributed by atoms with Gasteiger partial charge < -0.3 is 4.74 Å². The van der Waals surface area contributed by atoms with Gasteiger partial charge in [-0.15, -0.1) is 0 Å². The molecule has 0 N–H and O–H groups in total. The quantitative estimate of drug-likeness (QED) is 0.478. The number of halogens is 2. The Labute approximate surface area is 108 Å². The lowest BCUT2D eigenvalue weighted by Crippen LogP contribution is -2.19. The number of ether oxygens (including phenoxy) is 1. The van der Waals surface area contributed by atoms with Crippen molar-refractivity contribution < 1.29 is 9.53 Å². The first-order valence-corrected chi connectivity index (χ1v) is 6.31. The molecule has 1 unspecified atom stereocenters. The molecular weight excluding hydrogens is 326 g/mol. The Hall–Kier alpha value is -0.290. The monoisotopic (exact) mass is 338 g/mol. The van der Waals surface area contributed by atoms with Gasteiger partial charge in [0.25, 0.3) is 0 Å². The number of benzene rings is 1. The van der Waals surface area contributed by atoms with Crippen LogP contribution in [0.2, 0.25) is 5.02 Å². The van der Waals surface area contributed by atoms with Crippen LogP contribution in [0.3, 0.4) is 0 Å². The van der Waals surface area contributed by atoms with Crippen molar-refractivity contribution in [3.8, 4) is 0 Å². The van der Waals surface area contributed by atoms with Gasteiger partial charge >= 0.3 is 5.97 Å². The van der Waals surface area contributed by atoms with E-state index in [0.29, 0.717) is 18.1 Å². The predicted octanol–water partition coefficient (Wildman–Crippen LogP) is 3.25. The van der Waals surface area contributed by atoms with Gasteiger partial charge in [-0.1, -0.05) is 46.3 Å². The molecule has 1 atom stereocenters. The predicted molar refractivity (Wildman–Crippen MR) is 69.6 cm³/mol. The molecule has 0 saturated heterocycles. The van der Waals surface area contributed by atoms with Crippen LogP contribution in [0.4, 0.5) is 0 Å². The summed E-state index contributed by atoms with van der Waals surface area (Å²) < 4.78 is 4.79. The molecular formula is C11H12ClIO2. The van der Waals surface area contributed by atoms with E-state index in [1.807, 2.05) is 31.2 Å². The first-order chi connectivity index (χ1) is 7.13. The summed E-state index contributed by atoms with van der Waals surface area (Å²) in [4.78, 5) is 11.4. The van der Waals surface area contributed by atoms with Gasteiger partial charge in [-0.3, -0.25) is 4.79 Å². The summed E-state index contributed by atoms with van der Waals surface area (Å²) in [7, 11) is 0. The number of alkyl halides is 1. The smallest absolute Gasteiger partial charge is 0.319 e. The minimum absolute atomic E-state index is 0.135. The zero-order chi connectivity index (χ0) is 11.3. The van der Waals surface area contributed by atoms with E-state index in [2.05, 4.69) is 22.6 Å². The molecule has 1 rings (SSSR count). The molecule has 0 radical (unpaired) electrons. The van der Waals surface area contributed by atoms with E-state index in [0.717, 1.165) is 5.56 Å². The zero-order valence-corrected chi connectivity index (χ0v) is 11.3. The maximum absolute atomic E-state index is 11.4. The first kappa shape index (κ1) is 12.8. The maximum Gasteiger partial charge on any atom is 0.319 e. The van der Waals surface area contributed by atoms with Gasteiger partial charge in [0.15, 0.2) is 0 Å². The molecule has 0 bridgehead atoms. The third-order valence-electron chi connectivity index (χ3n) is 1.87. The number of carbonyl (C=O) groups excluding carboxylic acids is 1. The number of hydrogen-bond donors (Lipinski definition) is 0. The summed E-state index contributed by atoms with van der Waals surface area (Å²) in [5.41, 5.74) is 1.09. The van der Waals surface area contributed by atoms with E-state index in [4.69, 9.17) is 16.3 Å². The van der Waals surface area contributed by atoms with E-state index in [-0.39, 0.29) is 9.89 Å². The van der Waals surface area contributed by atoms with Crippen LogP contribution in [0.15, 0.2) is 24.3 Å². The normalized spacial score (nSPS) is 12.2. The van der Waals surface area contributed by atoms with Crippen LogP contribution in [-0.4, -0.2) is 16.5 Å². The van der Waals surface area contributed by atoms with Crippen LogP contribution >= 0.6 is 34.2 Å². The molecule has 1 aromatic carbocycles. The third-order valence-corrected chi connectivity index (χ3v) is 3.07. The van der Waals surface area contributed by atoms with E-state index in [1.165, 1.54) is 0 Å². The fourth-order valence-corrected chi connectivity index (χ4v) is 1.96. The molecule has 0 heterocycles. The summed E-state index contributed by atoms with van der Waals surface area (Å²) in [5, 5.41) is 0.708. The standard InChI is InChI=1S/C11H12ClIO2/c1-2-15-11(14)10(13)7-8-3-5-9(12)6-4-8/h3-6,10H,2,7H2,1H3. The number of rotatable bonds is 4. The summed E-state index contributed by atoms with van der Waals surface area (Å²) in [6.07, 6.45) is 0.677. The van der Waals surface area contributed by atoms with Crippen molar-refractivity contribution in [1.29, 1.82) is 0 Å². The third kappa shape index (κ3) is 4.38. The fraction of sp³-hybridized carbons (Fsp3) is 0.364. The minimum atomic E-state index is -0.159. The highest BCUT2D eigenvalue weighted by molar-refractivity contribution is 14.1. The molecule has 0 spiro atoms. The maximum atomic E-state index is 11.4. The van der Waals surface area contributed by atoms with Gasteiger partial charge in [-0.2, -0.15) is 0 Å². The molecule has 0 aromatic heterocycles. The van der Waals surface area contributed by atoms with Crippen LogP contribution in [0, 0.1) is 0 Å². The van der Waals surface area contributed by atoms with Gasteiger partial charge in [-0.25, -0.2) is 0 Å². The van der Waals surface area contributed by atoms with Gasteiger partial charge in [0.1, 0.15) is 3.92 Å².